The van der Waals surface area contributed by atoms with E-state index in [-0.39, 0.29) is 5.54 Å². The fourth-order valence-corrected chi connectivity index (χ4v) is 1.99. The van der Waals surface area contributed by atoms with Crippen molar-refractivity contribution < 1.29 is 0 Å². The molecule has 1 aliphatic carbocycles. The van der Waals surface area contributed by atoms with Gasteiger partial charge in [0.1, 0.15) is 0 Å². The van der Waals surface area contributed by atoms with Gasteiger partial charge in [0, 0.05) is 12.1 Å². The highest BCUT2D eigenvalue weighted by molar-refractivity contribution is 5.07. The van der Waals surface area contributed by atoms with Gasteiger partial charge in [-0.1, -0.05) is 25.5 Å². The van der Waals surface area contributed by atoms with Crippen LogP contribution in [0.15, 0.2) is 11.6 Å². The quantitative estimate of drug-likeness (QED) is 0.661. The summed E-state index contributed by atoms with van der Waals surface area (Å²) in [6, 6.07) is 0. The molecule has 0 radical (unpaired) electrons. The minimum absolute atomic E-state index is 0.0964. The molecule has 0 saturated heterocycles. The molecule has 0 heterocycles. The zero-order valence-electron chi connectivity index (χ0n) is 10.5. The summed E-state index contributed by atoms with van der Waals surface area (Å²) in [5, 5.41) is 3.61. The summed E-state index contributed by atoms with van der Waals surface area (Å²) in [5.74, 6) is 0.583. The van der Waals surface area contributed by atoms with Crippen LogP contribution in [0, 0.1) is 5.92 Å². The molecule has 0 aromatic carbocycles. The maximum atomic E-state index is 5.83. The zero-order chi connectivity index (χ0) is 11.3. The third-order valence-corrected chi connectivity index (χ3v) is 3.81. The zero-order valence-corrected chi connectivity index (χ0v) is 10.5. The first-order chi connectivity index (χ1) is 7.08. The molecule has 1 aliphatic rings. The van der Waals surface area contributed by atoms with E-state index in [0.29, 0.717) is 12.5 Å². The fraction of sp³-hybridized carbons (Fsp3) is 0.846. The second-order valence-corrected chi connectivity index (χ2v) is 5.21. The van der Waals surface area contributed by atoms with Crippen LogP contribution in [0.4, 0.5) is 0 Å². The summed E-state index contributed by atoms with van der Waals surface area (Å²) in [6.45, 7) is 8.46. The molecule has 2 heteroatoms. The number of nitrogens with two attached hydrogens (primary N) is 1. The van der Waals surface area contributed by atoms with Gasteiger partial charge >= 0.3 is 0 Å². The van der Waals surface area contributed by atoms with Crippen molar-refractivity contribution in [3.05, 3.63) is 11.6 Å². The highest BCUT2D eigenvalue weighted by atomic mass is 15.0. The van der Waals surface area contributed by atoms with E-state index < -0.39 is 0 Å². The number of hydrogen-bond acceptors (Lipinski definition) is 2. The molecule has 0 aromatic heterocycles. The van der Waals surface area contributed by atoms with Gasteiger partial charge in [-0.3, -0.25) is 0 Å². The van der Waals surface area contributed by atoms with Crippen LogP contribution in [0.1, 0.15) is 46.5 Å². The van der Waals surface area contributed by atoms with Gasteiger partial charge < -0.3 is 11.1 Å². The second-order valence-electron chi connectivity index (χ2n) is 5.21. The summed E-state index contributed by atoms with van der Waals surface area (Å²) in [4.78, 5) is 0. The number of rotatable bonds is 6. The average Bonchev–Trinajstić information content (AvgIpc) is 2.70. The molecule has 0 spiro atoms. The molecule has 1 rings (SSSR count). The molecule has 88 valence electrons. The Morgan fingerprint density at radius 2 is 2.27 bits per heavy atom. The molecular formula is C13H26N2. The SMILES string of the molecule is CC(C)C(C)(CN)NCCC1=CCCC1. The van der Waals surface area contributed by atoms with Crippen molar-refractivity contribution in [1.82, 2.24) is 5.32 Å². The Hall–Kier alpha value is -0.340. The molecule has 1 unspecified atom stereocenters. The van der Waals surface area contributed by atoms with Gasteiger partial charge in [0.25, 0.3) is 0 Å². The molecule has 0 bridgehead atoms. The van der Waals surface area contributed by atoms with E-state index >= 15 is 0 Å². The Labute approximate surface area is 94.3 Å². The Balaban J connectivity index is 2.28. The predicted octanol–water partition coefficient (Wildman–Crippen LogP) is 2.45. The summed E-state index contributed by atoms with van der Waals surface area (Å²) in [5.41, 5.74) is 7.55. The lowest BCUT2D eigenvalue weighted by atomic mass is 9.88. The topological polar surface area (TPSA) is 38.0 Å². The lowest BCUT2D eigenvalue weighted by Gasteiger charge is -2.34. The van der Waals surface area contributed by atoms with E-state index in [4.69, 9.17) is 5.73 Å². The first-order valence-corrected chi connectivity index (χ1v) is 6.21. The van der Waals surface area contributed by atoms with Crippen LogP contribution in [-0.4, -0.2) is 18.6 Å². The Morgan fingerprint density at radius 1 is 1.53 bits per heavy atom. The smallest absolute Gasteiger partial charge is 0.0298 e. The Bertz CT molecular complexity index is 221. The molecule has 0 aromatic rings. The van der Waals surface area contributed by atoms with Crippen molar-refractivity contribution in [3.63, 3.8) is 0 Å². The Kier molecular flexibility index (Phi) is 4.81. The van der Waals surface area contributed by atoms with Gasteiger partial charge in [-0.2, -0.15) is 0 Å². The minimum atomic E-state index is 0.0964. The van der Waals surface area contributed by atoms with Crippen molar-refractivity contribution >= 4 is 0 Å². The average molecular weight is 210 g/mol. The van der Waals surface area contributed by atoms with E-state index in [1.54, 1.807) is 5.57 Å². The molecule has 1 atom stereocenters. The predicted molar refractivity (Wildman–Crippen MR) is 66.9 cm³/mol. The third-order valence-electron chi connectivity index (χ3n) is 3.81. The van der Waals surface area contributed by atoms with Crippen molar-refractivity contribution in [3.8, 4) is 0 Å². The number of nitrogens with one attached hydrogen (secondary N) is 1. The van der Waals surface area contributed by atoms with Crippen LogP contribution < -0.4 is 11.1 Å². The lowest BCUT2D eigenvalue weighted by molar-refractivity contribution is 0.271. The highest BCUT2D eigenvalue weighted by Crippen LogP contribution is 2.21. The van der Waals surface area contributed by atoms with Gasteiger partial charge in [0.2, 0.25) is 0 Å². The van der Waals surface area contributed by atoms with Crippen LogP contribution in [0.5, 0.6) is 0 Å². The molecule has 0 saturated carbocycles. The lowest BCUT2D eigenvalue weighted by Crippen LogP contribution is -2.52. The van der Waals surface area contributed by atoms with E-state index in [0.717, 1.165) is 6.54 Å². The standard InChI is InChI=1S/C13H26N2/c1-11(2)13(3,10-14)15-9-8-12-6-4-5-7-12/h6,11,15H,4-5,7-10,14H2,1-3H3. The second kappa shape index (κ2) is 5.66. The van der Waals surface area contributed by atoms with Crippen LogP contribution >= 0.6 is 0 Å². The largest absolute Gasteiger partial charge is 0.329 e. The summed E-state index contributed by atoms with van der Waals surface area (Å²) in [6.07, 6.45) is 7.54. The molecule has 0 fully saturated rings. The molecule has 3 N–H and O–H groups in total. The molecule has 0 amide bonds. The first-order valence-electron chi connectivity index (χ1n) is 6.21. The van der Waals surface area contributed by atoms with Crippen LogP contribution in [0.2, 0.25) is 0 Å². The molecule has 15 heavy (non-hydrogen) atoms. The van der Waals surface area contributed by atoms with Gasteiger partial charge in [0.05, 0.1) is 0 Å². The first kappa shape index (κ1) is 12.7. The molecule has 2 nitrogen and oxygen atoms in total. The number of allylic oxidation sites excluding steroid dienone is 1. The fourth-order valence-electron chi connectivity index (χ4n) is 1.99. The van der Waals surface area contributed by atoms with Crippen molar-refractivity contribution in [2.75, 3.05) is 13.1 Å². The van der Waals surface area contributed by atoms with E-state index in [1.807, 2.05) is 0 Å². The van der Waals surface area contributed by atoms with Crippen LogP contribution in [-0.2, 0) is 0 Å². The summed E-state index contributed by atoms with van der Waals surface area (Å²) in [7, 11) is 0. The normalized spacial score (nSPS) is 20.5. The van der Waals surface area contributed by atoms with Gasteiger partial charge in [-0.25, -0.2) is 0 Å². The number of hydrogen-bond donors (Lipinski definition) is 2. The van der Waals surface area contributed by atoms with Gasteiger partial charge in [0.15, 0.2) is 0 Å². The van der Waals surface area contributed by atoms with E-state index in [9.17, 15) is 0 Å². The third kappa shape index (κ3) is 3.62. The van der Waals surface area contributed by atoms with Gasteiger partial charge in [-0.05, 0) is 45.1 Å². The monoisotopic (exact) mass is 210 g/mol. The van der Waals surface area contributed by atoms with Crippen molar-refractivity contribution in [2.24, 2.45) is 11.7 Å². The van der Waals surface area contributed by atoms with Crippen LogP contribution in [0.3, 0.4) is 0 Å². The summed E-state index contributed by atoms with van der Waals surface area (Å²) >= 11 is 0. The molecule has 0 aliphatic heterocycles. The van der Waals surface area contributed by atoms with Crippen molar-refractivity contribution in [1.29, 1.82) is 0 Å². The summed E-state index contributed by atoms with van der Waals surface area (Å²) < 4.78 is 0. The van der Waals surface area contributed by atoms with Crippen molar-refractivity contribution in [2.45, 2.75) is 52.0 Å². The van der Waals surface area contributed by atoms with Crippen LogP contribution in [0.25, 0.3) is 0 Å². The molecular weight excluding hydrogens is 184 g/mol. The van der Waals surface area contributed by atoms with E-state index in [2.05, 4.69) is 32.2 Å². The maximum Gasteiger partial charge on any atom is 0.0298 e. The highest BCUT2D eigenvalue weighted by Gasteiger charge is 2.25. The maximum absolute atomic E-state index is 5.83. The minimum Gasteiger partial charge on any atom is -0.329 e. The Morgan fingerprint density at radius 3 is 2.73 bits per heavy atom. The van der Waals surface area contributed by atoms with Gasteiger partial charge in [-0.15, -0.1) is 0 Å². The van der Waals surface area contributed by atoms with E-state index in [1.165, 1.54) is 25.7 Å².